The van der Waals surface area contributed by atoms with Crippen molar-refractivity contribution in [2.45, 2.75) is 38.3 Å². The maximum atomic E-state index is 12.9. The largest absolute Gasteiger partial charge is 0.477 e. The monoisotopic (exact) mass is 320 g/mol. The molecule has 0 unspecified atom stereocenters. The second-order valence-corrected chi connectivity index (χ2v) is 5.94. The van der Waals surface area contributed by atoms with Gasteiger partial charge in [-0.3, -0.25) is 9.78 Å². The van der Waals surface area contributed by atoms with Gasteiger partial charge in [0, 0.05) is 33.2 Å². The first-order valence-electron chi connectivity index (χ1n) is 8.26. The fraction of sp³-hybridized carbons (Fsp3) is 0.688. The van der Waals surface area contributed by atoms with Crippen LogP contribution in [0.4, 0.5) is 5.82 Å². The number of carbonyl (C=O) groups is 1. The summed E-state index contributed by atoms with van der Waals surface area (Å²) in [5.74, 6) is 1.33. The minimum atomic E-state index is -0.232. The van der Waals surface area contributed by atoms with Crippen molar-refractivity contribution in [2.24, 2.45) is 0 Å². The van der Waals surface area contributed by atoms with Crippen molar-refractivity contribution in [3.05, 3.63) is 12.4 Å². The number of hydrogen-bond acceptors (Lipinski definition) is 6. The number of carbonyl (C=O) groups excluding carboxylic acids is 1. The molecule has 0 N–H and O–H groups in total. The van der Waals surface area contributed by atoms with Crippen LogP contribution in [0.25, 0.3) is 0 Å². The molecule has 0 saturated carbocycles. The summed E-state index contributed by atoms with van der Waals surface area (Å²) < 4.78 is 10.9. The number of anilines is 1. The van der Waals surface area contributed by atoms with Crippen molar-refractivity contribution in [1.29, 1.82) is 0 Å². The zero-order valence-electron chi connectivity index (χ0n) is 13.8. The molecule has 7 nitrogen and oxygen atoms in total. The standard InChI is InChI=1S/C16H24N4O3/c1-3-23-15-10-17-9-14(18-15)20-11-12(22-2)8-13(20)16(21)19-6-4-5-7-19/h9-10,12-13H,3-8,11H2,1-2H3/t12-,13-/m0/s1. The summed E-state index contributed by atoms with van der Waals surface area (Å²) >= 11 is 0. The fourth-order valence-electron chi connectivity index (χ4n) is 3.30. The maximum Gasteiger partial charge on any atom is 0.245 e. The third-order valence-electron chi connectivity index (χ3n) is 4.49. The van der Waals surface area contributed by atoms with E-state index in [0.717, 1.165) is 25.9 Å². The van der Waals surface area contributed by atoms with E-state index in [4.69, 9.17) is 9.47 Å². The van der Waals surface area contributed by atoms with Gasteiger partial charge in [-0.15, -0.1) is 0 Å². The van der Waals surface area contributed by atoms with Crippen LogP contribution < -0.4 is 9.64 Å². The summed E-state index contributed by atoms with van der Waals surface area (Å²) in [5, 5.41) is 0. The molecule has 1 amide bonds. The SMILES string of the molecule is CCOc1cncc(N2C[C@@H](OC)C[C@H]2C(=O)N2CCCC2)n1. The lowest BCUT2D eigenvalue weighted by molar-refractivity contribution is -0.131. The van der Waals surface area contributed by atoms with Crippen molar-refractivity contribution in [3.63, 3.8) is 0 Å². The van der Waals surface area contributed by atoms with Gasteiger partial charge in [-0.1, -0.05) is 0 Å². The van der Waals surface area contributed by atoms with Gasteiger partial charge in [0.15, 0.2) is 5.82 Å². The Labute approximate surface area is 136 Å². The van der Waals surface area contributed by atoms with E-state index >= 15 is 0 Å². The number of nitrogens with zero attached hydrogens (tertiary/aromatic N) is 4. The third-order valence-corrected chi connectivity index (χ3v) is 4.49. The van der Waals surface area contributed by atoms with Gasteiger partial charge in [-0.2, -0.15) is 4.98 Å². The Morgan fingerprint density at radius 3 is 2.83 bits per heavy atom. The predicted molar refractivity (Wildman–Crippen MR) is 85.6 cm³/mol. The highest BCUT2D eigenvalue weighted by Crippen LogP contribution is 2.28. The van der Waals surface area contributed by atoms with E-state index in [1.807, 2.05) is 16.7 Å². The number of hydrogen-bond donors (Lipinski definition) is 0. The molecule has 2 aliphatic heterocycles. The molecule has 0 bridgehead atoms. The lowest BCUT2D eigenvalue weighted by Crippen LogP contribution is -2.45. The quantitative estimate of drug-likeness (QED) is 0.809. The topological polar surface area (TPSA) is 67.8 Å². The average molecular weight is 320 g/mol. The molecule has 3 rings (SSSR count). The minimum Gasteiger partial charge on any atom is -0.477 e. The summed E-state index contributed by atoms with van der Waals surface area (Å²) in [5.41, 5.74) is 0. The maximum absolute atomic E-state index is 12.9. The number of aromatic nitrogens is 2. The van der Waals surface area contributed by atoms with Crippen LogP contribution in [0, 0.1) is 0 Å². The molecule has 0 aromatic carbocycles. The van der Waals surface area contributed by atoms with Gasteiger partial charge in [-0.25, -0.2) is 0 Å². The minimum absolute atomic E-state index is 0.0316. The van der Waals surface area contributed by atoms with Crippen LogP contribution >= 0.6 is 0 Å². The molecule has 0 aliphatic carbocycles. The first kappa shape index (κ1) is 16.0. The summed E-state index contributed by atoms with van der Waals surface area (Å²) in [7, 11) is 1.69. The number of likely N-dealkylation sites (tertiary alicyclic amines) is 1. The number of rotatable bonds is 5. The number of methoxy groups -OCH3 is 1. The molecule has 1 aromatic rings. The Bertz CT molecular complexity index is 548. The van der Waals surface area contributed by atoms with E-state index in [-0.39, 0.29) is 18.1 Å². The summed E-state index contributed by atoms with van der Waals surface area (Å²) in [4.78, 5) is 25.5. The van der Waals surface area contributed by atoms with E-state index in [2.05, 4.69) is 9.97 Å². The summed E-state index contributed by atoms with van der Waals surface area (Å²) in [6, 6.07) is -0.232. The normalized spacial score (nSPS) is 24.3. The zero-order chi connectivity index (χ0) is 16.2. The average Bonchev–Trinajstić information content (AvgIpc) is 3.24. The summed E-state index contributed by atoms with van der Waals surface area (Å²) in [6.45, 7) is 4.79. The Kier molecular flexibility index (Phi) is 4.95. The van der Waals surface area contributed by atoms with Gasteiger partial charge in [-0.05, 0) is 19.8 Å². The van der Waals surface area contributed by atoms with Crippen LogP contribution in [0.1, 0.15) is 26.2 Å². The lowest BCUT2D eigenvalue weighted by Gasteiger charge is -2.28. The van der Waals surface area contributed by atoms with Gasteiger partial charge >= 0.3 is 0 Å². The highest BCUT2D eigenvalue weighted by atomic mass is 16.5. The van der Waals surface area contributed by atoms with Gasteiger partial charge < -0.3 is 19.3 Å². The molecule has 2 saturated heterocycles. The van der Waals surface area contributed by atoms with E-state index < -0.39 is 0 Å². The van der Waals surface area contributed by atoms with Crippen LogP contribution in [0.15, 0.2) is 12.4 Å². The molecule has 3 heterocycles. The molecule has 23 heavy (non-hydrogen) atoms. The van der Waals surface area contributed by atoms with Crippen LogP contribution in [0.3, 0.4) is 0 Å². The van der Waals surface area contributed by atoms with Crippen molar-refractivity contribution in [2.75, 3.05) is 38.3 Å². The lowest BCUT2D eigenvalue weighted by atomic mass is 10.1. The smallest absolute Gasteiger partial charge is 0.245 e. The molecule has 126 valence electrons. The molecular weight excluding hydrogens is 296 g/mol. The van der Waals surface area contributed by atoms with Crippen molar-refractivity contribution < 1.29 is 14.3 Å². The molecule has 1 aromatic heterocycles. The van der Waals surface area contributed by atoms with Gasteiger partial charge in [0.05, 0.1) is 25.1 Å². The highest BCUT2D eigenvalue weighted by molar-refractivity contribution is 5.86. The molecule has 7 heteroatoms. The second-order valence-electron chi connectivity index (χ2n) is 5.94. The molecule has 0 radical (unpaired) electrons. The van der Waals surface area contributed by atoms with Gasteiger partial charge in [0.25, 0.3) is 0 Å². The van der Waals surface area contributed by atoms with Gasteiger partial charge in [0.2, 0.25) is 11.8 Å². The van der Waals surface area contributed by atoms with Crippen LogP contribution in [0.5, 0.6) is 5.88 Å². The van der Waals surface area contributed by atoms with Crippen molar-refractivity contribution in [1.82, 2.24) is 14.9 Å². The number of amides is 1. The predicted octanol–water partition coefficient (Wildman–Crippen LogP) is 1.09. The third kappa shape index (κ3) is 3.39. The van der Waals surface area contributed by atoms with E-state index in [9.17, 15) is 4.79 Å². The van der Waals surface area contributed by atoms with Crippen LogP contribution in [0.2, 0.25) is 0 Å². The Morgan fingerprint density at radius 1 is 1.35 bits per heavy atom. The van der Waals surface area contributed by atoms with E-state index in [1.54, 1.807) is 19.5 Å². The fourth-order valence-corrected chi connectivity index (χ4v) is 3.30. The van der Waals surface area contributed by atoms with Crippen molar-refractivity contribution in [3.8, 4) is 5.88 Å². The summed E-state index contributed by atoms with van der Waals surface area (Å²) in [6.07, 6.45) is 6.17. The van der Waals surface area contributed by atoms with Crippen LogP contribution in [-0.4, -0.2) is 66.3 Å². The van der Waals surface area contributed by atoms with E-state index in [0.29, 0.717) is 31.3 Å². The molecular formula is C16H24N4O3. The van der Waals surface area contributed by atoms with E-state index in [1.165, 1.54) is 0 Å². The Morgan fingerprint density at radius 2 is 2.13 bits per heavy atom. The van der Waals surface area contributed by atoms with Crippen molar-refractivity contribution >= 4 is 11.7 Å². The van der Waals surface area contributed by atoms with Crippen LogP contribution in [-0.2, 0) is 9.53 Å². The molecule has 2 aliphatic rings. The molecule has 0 spiro atoms. The Hall–Kier alpha value is -1.89. The first-order valence-corrected chi connectivity index (χ1v) is 8.26. The van der Waals surface area contributed by atoms with Gasteiger partial charge in [0.1, 0.15) is 6.04 Å². The zero-order valence-corrected chi connectivity index (χ0v) is 13.8. The highest BCUT2D eigenvalue weighted by Gasteiger charge is 2.40. The second kappa shape index (κ2) is 7.12. The molecule has 2 atom stereocenters. The number of ether oxygens (including phenoxy) is 2. The Balaban J connectivity index is 1.82. The molecule has 2 fully saturated rings. The first-order chi connectivity index (χ1) is 11.2.